The van der Waals surface area contributed by atoms with Crippen LogP contribution in [0.3, 0.4) is 0 Å². The molecule has 1 saturated carbocycles. The Balaban J connectivity index is 1.61. The van der Waals surface area contributed by atoms with Crippen LogP contribution < -0.4 is 15.4 Å². The van der Waals surface area contributed by atoms with Crippen LogP contribution in [-0.4, -0.2) is 37.8 Å². The molecule has 0 atom stereocenters. The third-order valence-corrected chi connectivity index (χ3v) is 4.50. The van der Waals surface area contributed by atoms with Gasteiger partial charge in [0.1, 0.15) is 11.6 Å². The molecular weight excluding hydrogens is 375 g/mol. The molecule has 0 saturated heterocycles. The van der Waals surface area contributed by atoms with E-state index in [1.54, 1.807) is 30.4 Å². The van der Waals surface area contributed by atoms with Crippen molar-refractivity contribution >= 4 is 12.0 Å². The van der Waals surface area contributed by atoms with E-state index in [4.69, 9.17) is 4.74 Å². The normalized spacial score (nSPS) is 19.1. The van der Waals surface area contributed by atoms with E-state index in [0.717, 1.165) is 25.7 Å². The molecule has 0 aliphatic heterocycles. The first-order valence-electron chi connectivity index (χ1n) is 9.55. The Morgan fingerprint density at radius 3 is 2.52 bits per heavy atom. The molecule has 1 fully saturated rings. The van der Waals surface area contributed by atoms with Gasteiger partial charge in [0.15, 0.2) is 0 Å². The lowest BCUT2D eigenvalue weighted by Crippen LogP contribution is -2.44. The Hall–Kier alpha value is -3.09. The van der Waals surface area contributed by atoms with Crippen LogP contribution in [0.2, 0.25) is 0 Å². The topological polar surface area (TPSA) is 76.7 Å². The molecular formula is C22H27FN2O4. The van der Waals surface area contributed by atoms with Crippen molar-refractivity contribution in [3.05, 3.63) is 66.5 Å². The Morgan fingerprint density at radius 2 is 1.86 bits per heavy atom. The molecule has 1 aliphatic carbocycles. The first-order valence-corrected chi connectivity index (χ1v) is 9.55. The Labute approximate surface area is 170 Å². The fourth-order valence-corrected chi connectivity index (χ4v) is 2.94. The average Bonchev–Trinajstić information content (AvgIpc) is 2.72. The molecule has 0 spiro atoms. The monoisotopic (exact) mass is 402 g/mol. The van der Waals surface area contributed by atoms with Crippen molar-refractivity contribution in [1.29, 1.82) is 0 Å². The maximum Gasteiger partial charge on any atom is 0.337 e. The molecule has 29 heavy (non-hydrogen) atoms. The minimum atomic E-state index is -0.482. The standard InChI is InChI=1S/C22H27FN2O4/c1-16(21(26)28-2)6-4-3-5-15-24-22(27)25-18-9-13-20(14-10-18)29-19-11-7-17(23)8-12-19/h3-8,11-12,18,20H,1,9-10,13-15H2,2H3,(H2,24,25,27)/b5-3-,6-4-/t18-,20+. The van der Waals surface area contributed by atoms with Gasteiger partial charge in [-0.05, 0) is 56.0 Å². The van der Waals surface area contributed by atoms with Crippen molar-refractivity contribution in [3.8, 4) is 5.75 Å². The van der Waals surface area contributed by atoms with E-state index >= 15 is 0 Å². The van der Waals surface area contributed by atoms with Crippen LogP contribution in [0, 0.1) is 5.82 Å². The van der Waals surface area contributed by atoms with E-state index < -0.39 is 5.97 Å². The summed E-state index contributed by atoms with van der Waals surface area (Å²) < 4.78 is 23.3. The minimum absolute atomic E-state index is 0.0797. The number of hydrogen-bond donors (Lipinski definition) is 2. The zero-order valence-electron chi connectivity index (χ0n) is 16.5. The van der Waals surface area contributed by atoms with Crippen molar-refractivity contribution in [3.63, 3.8) is 0 Å². The number of allylic oxidation sites excluding steroid dienone is 2. The summed E-state index contributed by atoms with van der Waals surface area (Å²) in [6.45, 7) is 3.93. The predicted molar refractivity (Wildman–Crippen MR) is 109 cm³/mol. The number of hydrogen-bond acceptors (Lipinski definition) is 4. The molecule has 2 N–H and O–H groups in total. The molecule has 2 amide bonds. The van der Waals surface area contributed by atoms with Gasteiger partial charge in [0.2, 0.25) is 0 Å². The number of benzene rings is 1. The van der Waals surface area contributed by atoms with Gasteiger partial charge in [-0.1, -0.05) is 24.8 Å². The Bertz CT molecular complexity index is 751. The number of ether oxygens (including phenoxy) is 2. The summed E-state index contributed by atoms with van der Waals surface area (Å²) in [4.78, 5) is 23.1. The second-order valence-electron chi connectivity index (χ2n) is 6.70. The largest absolute Gasteiger partial charge is 0.490 e. The van der Waals surface area contributed by atoms with E-state index in [9.17, 15) is 14.0 Å². The summed E-state index contributed by atoms with van der Waals surface area (Å²) >= 11 is 0. The highest BCUT2D eigenvalue weighted by Crippen LogP contribution is 2.24. The minimum Gasteiger partial charge on any atom is -0.490 e. The molecule has 0 aromatic heterocycles. The van der Waals surface area contributed by atoms with Crippen LogP contribution in [0.15, 0.2) is 60.7 Å². The number of esters is 1. The van der Waals surface area contributed by atoms with Gasteiger partial charge in [0, 0.05) is 12.6 Å². The number of nitrogens with one attached hydrogen (secondary N) is 2. The van der Waals surface area contributed by atoms with E-state index in [-0.39, 0.29) is 29.6 Å². The predicted octanol–water partition coefficient (Wildman–Crippen LogP) is 3.66. The number of halogens is 1. The number of amides is 2. The molecule has 6 nitrogen and oxygen atoms in total. The third-order valence-electron chi connectivity index (χ3n) is 4.50. The van der Waals surface area contributed by atoms with Crippen molar-refractivity contribution < 1.29 is 23.5 Å². The Kier molecular flexibility index (Phi) is 8.95. The van der Waals surface area contributed by atoms with Crippen molar-refractivity contribution in [2.75, 3.05) is 13.7 Å². The molecule has 0 radical (unpaired) electrons. The molecule has 1 aliphatic rings. The number of urea groups is 1. The lowest BCUT2D eigenvalue weighted by Gasteiger charge is -2.29. The summed E-state index contributed by atoms with van der Waals surface area (Å²) in [7, 11) is 1.30. The van der Waals surface area contributed by atoms with E-state index in [1.807, 2.05) is 0 Å². The summed E-state index contributed by atoms with van der Waals surface area (Å²) in [6, 6.07) is 5.90. The summed E-state index contributed by atoms with van der Waals surface area (Å²) in [6.07, 6.45) is 10.1. The van der Waals surface area contributed by atoms with Gasteiger partial charge in [0.25, 0.3) is 0 Å². The molecule has 1 aromatic rings. The van der Waals surface area contributed by atoms with Gasteiger partial charge in [-0.2, -0.15) is 0 Å². The second-order valence-corrected chi connectivity index (χ2v) is 6.70. The highest BCUT2D eigenvalue weighted by atomic mass is 19.1. The van der Waals surface area contributed by atoms with Crippen molar-refractivity contribution in [2.45, 2.75) is 37.8 Å². The average molecular weight is 402 g/mol. The summed E-state index contributed by atoms with van der Waals surface area (Å²) in [5.74, 6) is -0.102. The van der Waals surface area contributed by atoms with Gasteiger partial charge in [-0.3, -0.25) is 0 Å². The lowest BCUT2D eigenvalue weighted by molar-refractivity contribution is -0.135. The van der Waals surface area contributed by atoms with Crippen LogP contribution >= 0.6 is 0 Å². The maximum atomic E-state index is 12.9. The number of rotatable bonds is 8. The zero-order chi connectivity index (χ0) is 21.1. The van der Waals surface area contributed by atoms with Gasteiger partial charge in [-0.15, -0.1) is 0 Å². The molecule has 0 unspecified atom stereocenters. The highest BCUT2D eigenvalue weighted by Gasteiger charge is 2.23. The fraction of sp³-hybridized carbons (Fsp3) is 0.364. The SMILES string of the molecule is C=C(/C=C\C=C/CNC(=O)N[C@H]1CC[C@@H](Oc2ccc(F)cc2)CC1)C(=O)OC. The van der Waals surface area contributed by atoms with Crippen LogP contribution in [-0.2, 0) is 9.53 Å². The summed E-state index contributed by atoms with van der Waals surface area (Å²) in [5.41, 5.74) is 0.252. The first kappa shape index (κ1) is 22.2. The number of carbonyl (C=O) groups excluding carboxylic acids is 2. The van der Waals surface area contributed by atoms with Crippen molar-refractivity contribution in [1.82, 2.24) is 10.6 Å². The van der Waals surface area contributed by atoms with Crippen molar-refractivity contribution in [2.24, 2.45) is 0 Å². The number of methoxy groups -OCH3 is 1. The smallest absolute Gasteiger partial charge is 0.337 e. The van der Waals surface area contributed by atoms with E-state index in [2.05, 4.69) is 21.9 Å². The van der Waals surface area contributed by atoms with Crippen LogP contribution in [0.25, 0.3) is 0 Å². The third kappa shape index (κ3) is 8.21. The molecule has 156 valence electrons. The quantitative estimate of drug-likeness (QED) is 0.395. The molecule has 0 bridgehead atoms. The number of carbonyl (C=O) groups is 2. The maximum absolute atomic E-state index is 12.9. The Morgan fingerprint density at radius 1 is 1.17 bits per heavy atom. The first-order chi connectivity index (χ1) is 14.0. The van der Waals surface area contributed by atoms with Gasteiger partial charge in [0.05, 0.1) is 18.8 Å². The molecule has 7 heteroatoms. The molecule has 2 rings (SSSR count). The zero-order valence-corrected chi connectivity index (χ0v) is 16.5. The van der Waals surface area contributed by atoms with Crippen LogP contribution in [0.4, 0.5) is 9.18 Å². The molecule has 1 aromatic carbocycles. The second kappa shape index (κ2) is 11.7. The highest BCUT2D eigenvalue weighted by molar-refractivity contribution is 5.90. The van der Waals surface area contributed by atoms with E-state index in [1.165, 1.54) is 25.3 Å². The lowest BCUT2D eigenvalue weighted by atomic mass is 9.93. The van der Waals surface area contributed by atoms with Crippen LogP contribution in [0.5, 0.6) is 5.75 Å². The summed E-state index contributed by atoms with van der Waals surface area (Å²) in [5, 5.41) is 5.72. The fourth-order valence-electron chi connectivity index (χ4n) is 2.94. The van der Waals surface area contributed by atoms with E-state index in [0.29, 0.717) is 12.3 Å². The van der Waals surface area contributed by atoms with Gasteiger partial charge >= 0.3 is 12.0 Å². The van der Waals surface area contributed by atoms with Crippen LogP contribution in [0.1, 0.15) is 25.7 Å². The molecule has 0 heterocycles. The van der Waals surface area contributed by atoms with Gasteiger partial charge in [-0.25, -0.2) is 14.0 Å². The van der Waals surface area contributed by atoms with Gasteiger partial charge < -0.3 is 20.1 Å².